The van der Waals surface area contributed by atoms with Crippen LogP contribution in [0.3, 0.4) is 0 Å². The summed E-state index contributed by atoms with van der Waals surface area (Å²) < 4.78 is 14.6. The Bertz CT molecular complexity index is 1060. The monoisotopic (exact) mass is 395 g/mol. The molecule has 9 heteroatoms. The van der Waals surface area contributed by atoms with E-state index < -0.39 is 11.7 Å². The van der Waals surface area contributed by atoms with Gasteiger partial charge in [-0.2, -0.15) is 0 Å². The van der Waals surface area contributed by atoms with Gasteiger partial charge in [-0.15, -0.1) is 0 Å². The molecule has 2 unspecified atom stereocenters. The molecule has 1 fully saturated rings. The maximum absolute atomic E-state index is 14.6. The zero-order chi connectivity index (χ0) is 20.4. The molecular weight excluding hydrogens is 373 g/mol. The van der Waals surface area contributed by atoms with E-state index in [9.17, 15) is 9.18 Å². The molecule has 8 nitrogen and oxygen atoms in total. The third kappa shape index (κ3) is 4.09. The molecule has 2 atom stereocenters. The highest BCUT2D eigenvalue weighted by Crippen LogP contribution is 2.27. The van der Waals surface area contributed by atoms with Gasteiger partial charge in [0.25, 0.3) is 5.91 Å². The van der Waals surface area contributed by atoms with Gasteiger partial charge in [-0.25, -0.2) is 19.3 Å². The van der Waals surface area contributed by atoms with Crippen molar-refractivity contribution in [2.75, 3.05) is 10.6 Å². The van der Waals surface area contributed by atoms with Crippen molar-refractivity contribution in [1.82, 2.24) is 15.0 Å². The van der Waals surface area contributed by atoms with Crippen molar-refractivity contribution in [2.24, 2.45) is 11.5 Å². The highest BCUT2D eigenvalue weighted by molar-refractivity contribution is 5.99. The summed E-state index contributed by atoms with van der Waals surface area (Å²) >= 11 is 0. The standard InChI is InChI=1S/C20H22FN7O/c21-14-8-13(18(23)29)19(28-20(14)27-16-4-2-1-3-15(16)22)26-12-6-5-11-9-24-10-25-17(11)7-12/h5-10,15-16H,1-4,22H2,(H2,23,29)(H2,26,27,28). The van der Waals surface area contributed by atoms with Crippen molar-refractivity contribution < 1.29 is 9.18 Å². The maximum atomic E-state index is 14.6. The van der Waals surface area contributed by atoms with E-state index in [-0.39, 0.29) is 29.3 Å². The molecule has 1 aliphatic carbocycles. The first-order valence-corrected chi connectivity index (χ1v) is 9.50. The number of pyridine rings is 1. The molecule has 3 aromatic rings. The van der Waals surface area contributed by atoms with Gasteiger partial charge in [0, 0.05) is 29.4 Å². The van der Waals surface area contributed by atoms with Gasteiger partial charge >= 0.3 is 0 Å². The third-order valence-corrected chi connectivity index (χ3v) is 5.15. The van der Waals surface area contributed by atoms with E-state index in [1.165, 1.54) is 6.33 Å². The Kier molecular flexibility index (Phi) is 5.22. The first-order valence-electron chi connectivity index (χ1n) is 9.50. The summed E-state index contributed by atoms with van der Waals surface area (Å²) in [5.74, 6) is -1.21. The van der Waals surface area contributed by atoms with Gasteiger partial charge in [0.1, 0.15) is 12.1 Å². The molecular formula is C20H22FN7O. The first kappa shape index (κ1) is 19.0. The van der Waals surface area contributed by atoms with Crippen LogP contribution in [-0.2, 0) is 0 Å². The molecule has 0 spiro atoms. The lowest BCUT2D eigenvalue weighted by atomic mass is 9.91. The summed E-state index contributed by atoms with van der Waals surface area (Å²) in [6.45, 7) is 0. The van der Waals surface area contributed by atoms with E-state index in [0.29, 0.717) is 5.69 Å². The topological polar surface area (TPSA) is 132 Å². The van der Waals surface area contributed by atoms with Gasteiger partial charge < -0.3 is 22.1 Å². The number of carbonyl (C=O) groups is 1. The molecule has 0 radical (unpaired) electrons. The number of primary amides is 1. The van der Waals surface area contributed by atoms with Gasteiger partial charge in [-0.1, -0.05) is 12.8 Å². The van der Waals surface area contributed by atoms with Gasteiger partial charge in [0.2, 0.25) is 0 Å². The van der Waals surface area contributed by atoms with Crippen LogP contribution in [0.5, 0.6) is 0 Å². The average Bonchev–Trinajstić information content (AvgIpc) is 2.71. The zero-order valence-electron chi connectivity index (χ0n) is 15.7. The highest BCUT2D eigenvalue weighted by Gasteiger charge is 2.24. The summed E-state index contributed by atoms with van der Waals surface area (Å²) in [5.41, 5.74) is 12.9. The number of nitrogens with two attached hydrogens (primary N) is 2. The number of anilines is 3. The number of hydrogen-bond acceptors (Lipinski definition) is 7. The number of fused-ring (bicyclic) bond motifs is 1. The minimum atomic E-state index is -0.775. The molecule has 1 aromatic carbocycles. The van der Waals surface area contributed by atoms with Gasteiger partial charge in [-0.3, -0.25) is 4.79 Å². The van der Waals surface area contributed by atoms with Gasteiger partial charge in [0.15, 0.2) is 11.6 Å². The number of carbonyl (C=O) groups excluding carboxylic acids is 1. The Labute approximate surface area is 166 Å². The summed E-state index contributed by atoms with van der Waals surface area (Å²) in [6, 6.07) is 6.37. The van der Waals surface area contributed by atoms with E-state index in [1.807, 2.05) is 6.07 Å². The fourth-order valence-electron chi connectivity index (χ4n) is 3.58. The van der Waals surface area contributed by atoms with Crippen LogP contribution in [0.4, 0.5) is 21.7 Å². The molecule has 6 N–H and O–H groups in total. The predicted molar refractivity (Wildman–Crippen MR) is 109 cm³/mol. The zero-order valence-corrected chi connectivity index (χ0v) is 15.7. The van der Waals surface area contributed by atoms with Crippen LogP contribution >= 0.6 is 0 Å². The van der Waals surface area contributed by atoms with Crippen LogP contribution in [0.15, 0.2) is 36.8 Å². The van der Waals surface area contributed by atoms with Crippen molar-refractivity contribution in [2.45, 2.75) is 37.8 Å². The van der Waals surface area contributed by atoms with E-state index in [4.69, 9.17) is 11.5 Å². The molecule has 2 aromatic heterocycles. The highest BCUT2D eigenvalue weighted by atomic mass is 19.1. The van der Waals surface area contributed by atoms with E-state index in [1.54, 1.807) is 18.3 Å². The predicted octanol–water partition coefficient (Wildman–Crippen LogP) is 2.69. The second kappa shape index (κ2) is 7.96. The number of aromatic nitrogens is 3. The van der Waals surface area contributed by atoms with Crippen molar-refractivity contribution in [1.29, 1.82) is 0 Å². The number of rotatable bonds is 5. The van der Waals surface area contributed by atoms with Gasteiger partial charge in [-0.05, 0) is 37.1 Å². The molecule has 0 saturated heterocycles. The SMILES string of the molecule is NC(=O)c1cc(F)c(NC2CCCCC2N)nc1Nc1ccc2cncnc2c1. The maximum Gasteiger partial charge on any atom is 0.252 e. The molecule has 29 heavy (non-hydrogen) atoms. The number of nitrogens with zero attached hydrogens (tertiary/aromatic N) is 3. The Balaban J connectivity index is 1.67. The Morgan fingerprint density at radius 1 is 1.17 bits per heavy atom. The molecule has 1 amide bonds. The summed E-state index contributed by atoms with van der Waals surface area (Å²) in [7, 11) is 0. The lowest BCUT2D eigenvalue weighted by Gasteiger charge is -2.30. The first-order chi connectivity index (χ1) is 14.0. The molecule has 0 aliphatic heterocycles. The number of nitrogens with one attached hydrogen (secondary N) is 2. The van der Waals surface area contributed by atoms with Gasteiger partial charge in [0.05, 0.1) is 11.1 Å². The number of hydrogen-bond donors (Lipinski definition) is 4. The minimum absolute atomic E-state index is 0.0382. The van der Waals surface area contributed by atoms with Crippen LogP contribution in [-0.4, -0.2) is 32.9 Å². The quantitative estimate of drug-likeness (QED) is 0.522. The van der Waals surface area contributed by atoms with Crippen molar-refractivity contribution in [3.8, 4) is 0 Å². The summed E-state index contributed by atoms with van der Waals surface area (Å²) in [6.07, 6.45) is 6.96. The molecule has 1 aliphatic rings. The fraction of sp³-hybridized carbons (Fsp3) is 0.300. The van der Waals surface area contributed by atoms with E-state index in [2.05, 4.69) is 25.6 Å². The Morgan fingerprint density at radius 3 is 2.79 bits per heavy atom. The average molecular weight is 395 g/mol. The smallest absolute Gasteiger partial charge is 0.252 e. The van der Waals surface area contributed by atoms with Crippen LogP contribution in [0, 0.1) is 5.82 Å². The Morgan fingerprint density at radius 2 is 2.00 bits per heavy atom. The van der Waals surface area contributed by atoms with E-state index in [0.717, 1.165) is 42.7 Å². The van der Waals surface area contributed by atoms with Crippen LogP contribution in [0.2, 0.25) is 0 Å². The Hall–Kier alpha value is -3.33. The molecule has 4 rings (SSSR count). The van der Waals surface area contributed by atoms with Crippen molar-refractivity contribution in [3.05, 3.63) is 48.2 Å². The second-order valence-electron chi connectivity index (χ2n) is 7.20. The van der Waals surface area contributed by atoms with E-state index >= 15 is 0 Å². The summed E-state index contributed by atoms with van der Waals surface area (Å²) in [5, 5.41) is 7.02. The number of amides is 1. The number of halogens is 1. The fourth-order valence-corrected chi connectivity index (χ4v) is 3.58. The lowest BCUT2D eigenvalue weighted by molar-refractivity contribution is 0.100. The number of benzene rings is 1. The molecule has 1 saturated carbocycles. The largest absolute Gasteiger partial charge is 0.365 e. The lowest BCUT2D eigenvalue weighted by Crippen LogP contribution is -2.43. The molecule has 150 valence electrons. The van der Waals surface area contributed by atoms with Crippen LogP contribution in [0.25, 0.3) is 10.9 Å². The summed E-state index contributed by atoms with van der Waals surface area (Å²) in [4.78, 5) is 24.3. The van der Waals surface area contributed by atoms with Crippen molar-refractivity contribution >= 4 is 34.1 Å². The van der Waals surface area contributed by atoms with Crippen LogP contribution in [0.1, 0.15) is 36.0 Å². The molecule has 0 bridgehead atoms. The third-order valence-electron chi connectivity index (χ3n) is 5.15. The minimum Gasteiger partial charge on any atom is -0.365 e. The molecule has 2 heterocycles. The van der Waals surface area contributed by atoms with Crippen LogP contribution < -0.4 is 22.1 Å². The second-order valence-corrected chi connectivity index (χ2v) is 7.20. The normalized spacial score (nSPS) is 19.1. The van der Waals surface area contributed by atoms with Crippen molar-refractivity contribution in [3.63, 3.8) is 0 Å².